The zero-order chi connectivity index (χ0) is 27.8. The summed E-state index contributed by atoms with van der Waals surface area (Å²) >= 11 is 0. The molecule has 0 bridgehead atoms. The fourth-order valence-electron chi connectivity index (χ4n) is 4.13. The van der Waals surface area contributed by atoms with Crippen molar-refractivity contribution in [2.75, 3.05) is 11.5 Å². The molecule has 1 aliphatic heterocycles. The number of rotatable bonds is 5. The van der Waals surface area contributed by atoms with Gasteiger partial charge < -0.3 is 10.1 Å². The number of nitrogens with one attached hydrogen (secondary N) is 1. The Morgan fingerprint density at radius 1 is 0.919 bits per heavy atom. The van der Waals surface area contributed by atoms with Crippen LogP contribution in [0.25, 0.3) is 0 Å². The molecular weight excluding hydrogens is 519 g/mol. The lowest BCUT2D eigenvalue weighted by Crippen LogP contribution is -2.46. The number of amides is 1. The SMILES string of the molecule is CCCOC(=O)N1c2ccc(C(F)(F)F)cc2C(NCc2cc(C(F)(F)F)cc(C(F)(F)F)c2)CC1C. The number of benzene rings is 2. The van der Waals surface area contributed by atoms with Crippen LogP contribution in [-0.2, 0) is 29.8 Å². The Hall–Kier alpha value is -2.96. The molecule has 2 unspecified atom stereocenters. The molecule has 1 aliphatic rings. The summed E-state index contributed by atoms with van der Waals surface area (Å²) in [6, 6.07) is 2.29. The molecule has 1 heterocycles. The third-order valence-electron chi connectivity index (χ3n) is 5.83. The van der Waals surface area contributed by atoms with Gasteiger partial charge in [-0.15, -0.1) is 0 Å². The molecule has 2 aromatic rings. The monoisotopic (exact) mass is 542 g/mol. The maximum Gasteiger partial charge on any atom is 0.416 e. The molecule has 0 radical (unpaired) electrons. The summed E-state index contributed by atoms with van der Waals surface area (Å²) in [5.41, 5.74) is -4.25. The van der Waals surface area contributed by atoms with Crippen LogP contribution >= 0.6 is 0 Å². The number of hydrogen-bond acceptors (Lipinski definition) is 3. The van der Waals surface area contributed by atoms with Crippen LogP contribution < -0.4 is 10.2 Å². The van der Waals surface area contributed by atoms with E-state index in [9.17, 15) is 44.3 Å². The van der Waals surface area contributed by atoms with Gasteiger partial charge in [-0.3, -0.25) is 4.90 Å². The van der Waals surface area contributed by atoms with Gasteiger partial charge in [0, 0.05) is 18.6 Å². The average molecular weight is 542 g/mol. The van der Waals surface area contributed by atoms with Gasteiger partial charge in [0.05, 0.1) is 29.0 Å². The van der Waals surface area contributed by atoms with Gasteiger partial charge in [0.25, 0.3) is 0 Å². The highest BCUT2D eigenvalue weighted by Crippen LogP contribution is 2.42. The van der Waals surface area contributed by atoms with Gasteiger partial charge >= 0.3 is 24.6 Å². The number of nitrogens with zero attached hydrogens (tertiary/aromatic N) is 1. The molecule has 2 aromatic carbocycles. The highest BCUT2D eigenvalue weighted by molar-refractivity contribution is 5.90. The molecule has 0 spiro atoms. The molecule has 0 saturated carbocycles. The predicted molar refractivity (Wildman–Crippen MR) is 116 cm³/mol. The summed E-state index contributed by atoms with van der Waals surface area (Å²) in [6.45, 7) is 2.94. The summed E-state index contributed by atoms with van der Waals surface area (Å²) in [5.74, 6) is 0. The van der Waals surface area contributed by atoms with Crippen molar-refractivity contribution in [3.63, 3.8) is 0 Å². The Bertz CT molecular complexity index is 1090. The first-order valence-corrected chi connectivity index (χ1v) is 11.2. The summed E-state index contributed by atoms with van der Waals surface area (Å²) < 4.78 is 125. The lowest BCUT2D eigenvalue weighted by molar-refractivity contribution is -0.143. The lowest BCUT2D eigenvalue weighted by Gasteiger charge is -2.39. The molecule has 204 valence electrons. The quantitative estimate of drug-likeness (QED) is 0.394. The minimum absolute atomic E-state index is 0.00309. The maximum absolute atomic E-state index is 13.4. The molecule has 2 atom stereocenters. The third kappa shape index (κ3) is 6.68. The van der Waals surface area contributed by atoms with Gasteiger partial charge in [0.1, 0.15) is 0 Å². The summed E-state index contributed by atoms with van der Waals surface area (Å²) in [5, 5.41) is 2.78. The van der Waals surface area contributed by atoms with E-state index in [0.717, 1.165) is 18.2 Å². The second kappa shape index (κ2) is 10.4. The molecular formula is C24H23F9N2O2. The van der Waals surface area contributed by atoms with Crippen molar-refractivity contribution in [2.45, 2.75) is 63.8 Å². The average Bonchev–Trinajstić information content (AvgIpc) is 2.78. The van der Waals surface area contributed by atoms with Crippen LogP contribution in [0.1, 0.15) is 60.5 Å². The number of alkyl halides is 9. The largest absolute Gasteiger partial charge is 0.449 e. The highest BCUT2D eigenvalue weighted by Gasteiger charge is 2.39. The Balaban J connectivity index is 1.98. The van der Waals surface area contributed by atoms with E-state index in [1.807, 2.05) is 0 Å². The second-order valence-electron chi connectivity index (χ2n) is 8.69. The van der Waals surface area contributed by atoms with Crippen LogP contribution in [0.5, 0.6) is 0 Å². The van der Waals surface area contributed by atoms with Crippen molar-refractivity contribution < 1.29 is 49.0 Å². The Morgan fingerprint density at radius 3 is 2.00 bits per heavy atom. The van der Waals surface area contributed by atoms with E-state index in [0.29, 0.717) is 18.6 Å². The smallest absolute Gasteiger partial charge is 0.416 e. The Labute approximate surface area is 206 Å². The summed E-state index contributed by atoms with van der Waals surface area (Å²) in [7, 11) is 0. The number of anilines is 1. The van der Waals surface area contributed by atoms with E-state index in [4.69, 9.17) is 4.74 Å². The summed E-state index contributed by atoms with van der Waals surface area (Å²) in [6.07, 6.45) is -15.0. The molecule has 0 fully saturated rings. The van der Waals surface area contributed by atoms with Gasteiger partial charge in [-0.25, -0.2) is 4.79 Å². The number of halogens is 9. The fraction of sp³-hybridized carbons (Fsp3) is 0.458. The minimum Gasteiger partial charge on any atom is -0.449 e. The standard InChI is InChI=1S/C24H23F9N2O2/c1-3-6-37-21(36)35-13(2)7-19(18-11-15(22(25,26)27)4-5-20(18)35)34-12-14-8-16(23(28,29)30)10-17(9-14)24(31,32)33/h4-5,8-11,13,19,34H,3,6-7,12H2,1-2H3. The first kappa shape index (κ1) is 28.6. The van der Waals surface area contributed by atoms with E-state index < -0.39 is 59.9 Å². The van der Waals surface area contributed by atoms with Gasteiger partial charge in [0.2, 0.25) is 0 Å². The van der Waals surface area contributed by atoms with Crippen molar-refractivity contribution in [3.8, 4) is 0 Å². The molecule has 0 aromatic heterocycles. The normalized spacial score (nSPS) is 18.5. The van der Waals surface area contributed by atoms with Crippen molar-refractivity contribution in [1.82, 2.24) is 5.32 Å². The second-order valence-corrected chi connectivity index (χ2v) is 8.69. The topological polar surface area (TPSA) is 41.6 Å². The Kier molecular flexibility index (Phi) is 8.06. The number of ether oxygens (including phenoxy) is 1. The van der Waals surface area contributed by atoms with Gasteiger partial charge in [0.15, 0.2) is 0 Å². The van der Waals surface area contributed by atoms with E-state index >= 15 is 0 Å². The van der Waals surface area contributed by atoms with Crippen LogP contribution in [0.2, 0.25) is 0 Å². The van der Waals surface area contributed by atoms with Crippen molar-refractivity contribution >= 4 is 11.8 Å². The first-order valence-electron chi connectivity index (χ1n) is 11.2. The number of fused-ring (bicyclic) bond motifs is 1. The van der Waals surface area contributed by atoms with Gasteiger partial charge in [-0.1, -0.05) is 6.92 Å². The van der Waals surface area contributed by atoms with Crippen LogP contribution in [0.15, 0.2) is 36.4 Å². The molecule has 3 rings (SSSR count). The number of hydrogen-bond donors (Lipinski definition) is 1. The van der Waals surface area contributed by atoms with E-state index in [-0.39, 0.29) is 35.9 Å². The fourth-order valence-corrected chi connectivity index (χ4v) is 4.13. The molecule has 0 saturated heterocycles. The lowest BCUT2D eigenvalue weighted by atomic mass is 9.90. The number of carbonyl (C=O) groups excluding carboxylic acids is 1. The molecule has 13 heteroatoms. The molecule has 4 nitrogen and oxygen atoms in total. The third-order valence-corrected chi connectivity index (χ3v) is 5.83. The zero-order valence-corrected chi connectivity index (χ0v) is 19.6. The van der Waals surface area contributed by atoms with Gasteiger partial charge in [-0.2, -0.15) is 39.5 Å². The van der Waals surface area contributed by atoms with Crippen LogP contribution in [0, 0.1) is 0 Å². The van der Waals surface area contributed by atoms with Crippen LogP contribution in [0.4, 0.5) is 50.0 Å². The van der Waals surface area contributed by atoms with Gasteiger partial charge in [-0.05, 0) is 67.3 Å². The van der Waals surface area contributed by atoms with Crippen molar-refractivity contribution in [3.05, 3.63) is 64.2 Å². The van der Waals surface area contributed by atoms with Crippen molar-refractivity contribution in [2.24, 2.45) is 0 Å². The minimum atomic E-state index is -5.04. The van der Waals surface area contributed by atoms with Crippen LogP contribution in [0.3, 0.4) is 0 Å². The molecule has 1 amide bonds. The van der Waals surface area contributed by atoms with E-state index in [1.54, 1.807) is 13.8 Å². The highest BCUT2D eigenvalue weighted by atomic mass is 19.4. The van der Waals surface area contributed by atoms with Crippen molar-refractivity contribution in [1.29, 1.82) is 0 Å². The zero-order valence-electron chi connectivity index (χ0n) is 19.6. The predicted octanol–water partition coefficient (Wildman–Crippen LogP) is 7.72. The molecule has 1 N–H and O–H groups in total. The van der Waals surface area contributed by atoms with E-state index in [2.05, 4.69) is 5.32 Å². The Morgan fingerprint density at radius 2 is 1.49 bits per heavy atom. The maximum atomic E-state index is 13.4. The summed E-state index contributed by atoms with van der Waals surface area (Å²) in [4.78, 5) is 13.8. The first-order chi connectivity index (χ1) is 17.0. The van der Waals surface area contributed by atoms with E-state index in [1.165, 1.54) is 4.90 Å². The molecule has 0 aliphatic carbocycles. The van der Waals surface area contributed by atoms with Crippen LogP contribution in [-0.4, -0.2) is 18.7 Å². The number of carbonyl (C=O) groups is 1. The molecule has 37 heavy (non-hydrogen) atoms.